The minimum Gasteiger partial charge on any atom is -0.341 e. The number of fused-ring (bicyclic) bond motifs is 1. The molecule has 0 atom stereocenters. The third kappa shape index (κ3) is 3.91. The largest absolute Gasteiger partial charge is 0.341 e. The summed E-state index contributed by atoms with van der Waals surface area (Å²) in [4.78, 5) is 18.1. The molecule has 6 nitrogen and oxygen atoms in total. The summed E-state index contributed by atoms with van der Waals surface area (Å²) in [6.45, 7) is 0.446. The van der Waals surface area contributed by atoms with Gasteiger partial charge in [0.05, 0.1) is 11.4 Å². The lowest BCUT2D eigenvalue weighted by molar-refractivity contribution is -0.130. The Morgan fingerprint density at radius 3 is 2.73 bits per heavy atom. The molecule has 3 rings (SSSR count). The normalized spacial score (nSPS) is 16.2. The zero-order chi connectivity index (χ0) is 18.7. The predicted octanol–water partition coefficient (Wildman–Crippen LogP) is 1.91. The van der Waals surface area contributed by atoms with E-state index in [9.17, 15) is 17.6 Å². The summed E-state index contributed by atoms with van der Waals surface area (Å²) in [7, 11) is -1.95. The van der Waals surface area contributed by atoms with Crippen LogP contribution in [0.5, 0.6) is 0 Å². The van der Waals surface area contributed by atoms with E-state index in [2.05, 4.69) is 9.71 Å². The van der Waals surface area contributed by atoms with Crippen molar-refractivity contribution >= 4 is 21.8 Å². The fraction of sp³-hybridized carbons (Fsp3) is 0.222. The Labute approximate surface area is 151 Å². The Balaban J connectivity index is 1.61. The highest BCUT2D eigenvalue weighted by molar-refractivity contribution is 7.90. The van der Waals surface area contributed by atoms with Gasteiger partial charge in [-0.05, 0) is 29.8 Å². The highest BCUT2D eigenvalue weighted by atomic mass is 32.2. The van der Waals surface area contributed by atoms with Gasteiger partial charge in [-0.25, -0.2) is 12.8 Å². The van der Waals surface area contributed by atoms with Gasteiger partial charge in [-0.1, -0.05) is 24.3 Å². The first kappa shape index (κ1) is 18.1. The fourth-order valence-corrected chi connectivity index (χ4v) is 3.95. The van der Waals surface area contributed by atoms with Crippen LogP contribution in [-0.2, 0) is 21.4 Å². The van der Waals surface area contributed by atoms with Gasteiger partial charge in [0.1, 0.15) is 11.7 Å². The number of aliphatic imine (C=N–C) groups is 1. The molecule has 0 saturated heterocycles. The van der Waals surface area contributed by atoms with Crippen LogP contribution in [0.4, 0.5) is 4.39 Å². The van der Waals surface area contributed by atoms with Crippen LogP contribution in [0.2, 0.25) is 0 Å². The van der Waals surface area contributed by atoms with Gasteiger partial charge in [0.25, 0.3) is 10.0 Å². The highest BCUT2D eigenvalue weighted by Crippen LogP contribution is 2.22. The van der Waals surface area contributed by atoms with E-state index in [1.807, 2.05) is 0 Å². The molecule has 26 heavy (non-hydrogen) atoms. The lowest BCUT2D eigenvalue weighted by Gasteiger charge is -2.16. The number of amidine groups is 1. The Morgan fingerprint density at radius 1 is 1.19 bits per heavy atom. The Hall–Kier alpha value is -2.74. The van der Waals surface area contributed by atoms with Crippen LogP contribution in [0.25, 0.3) is 0 Å². The average molecular weight is 375 g/mol. The molecular formula is C18H18FN3O3S. The van der Waals surface area contributed by atoms with Crippen LogP contribution in [0.1, 0.15) is 17.5 Å². The number of hydrogen-bond acceptors (Lipinski definition) is 4. The van der Waals surface area contributed by atoms with Gasteiger partial charge in [0.15, 0.2) is 0 Å². The van der Waals surface area contributed by atoms with Crippen molar-refractivity contribution in [1.82, 2.24) is 9.62 Å². The minimum atomic E-state index is -3.58. The molecule has 0 spiro atoms. The predicted molar refractivity (Wildman–Crippen MR) is 95.7 cm³/mol. The van der Waals surface area contributed by atoms with Crippen molar-refractivity contribution in [3.63, 3.8) is 0 Å². The summed E-state index contributed by atoms with van der Waals surface area (Å²) in [6.07, 6.45) is 0.124. The molecule has 2 aromatic carbocycles. The third-order valence-electron chi connectivity index (χ3n) is 3.99. The van der Waals surface area contributed by atoms with Crippen LogP contribution in [0.15, 0.2) is 58.4 Å². The highest BCUT2D eigenvalue weighted by Gasteiger charge is 2.29. The van der Waals surface area contributed by atoms with Crippen molar-refractivity contribution in [2.24, 2.45) is 4.99 Å². The quantitative estimate of drug-likeness (QED) is 0.867. The maximum Gasteiger partial charge on any atom is 0.263 e. The Kier molecular flexibility index (Phi) is 5.03. The summed E-state index contributed by atoms with van der Waals surface area (Å²) >= 11 is 0. The number of carbonyl (C=O) groups is 1. The second-order valence-corrected chi connectivity index (χ2v) is 7.61. The summed E-state index contributed by atoms with van der Waals surface area (Å²) < 4.78 is 39.6. The van der Waals surface area contributed by atoms with E-state index >= 15 is 0 Å². The van der Waals surface area contributed by atoms with Crippen LogP contribution in [0, 0.1) is 5.82 Å². The van der Waals surface area contributed by atoms with Gasteiger partial charge >= 0.3 is 0 Å². The first-order valence-corrected chi connectivity index (χ1v) is 9.50. The maximum absolute atomic E-state index is 13.2. The molecule has 1 aliphatic rings. The number of benzene rings is 2. The molecule has 1 aliphatic heterocycles. The van der Waals surface area contributed by atoms with Crippen molar-refractivity contribution in [3.05, 3.63) is 65.5 Å². The smallest absolute Gasteiger partial charge is 0.263 e. The van der Waals surface area contributed by atoms with Gasteiger partial charge in [-0.15, -0.1) is 0 Å². The first-order chi connectivity index (χ1) is 12.4. The van der Waals surface area contributed by atoms with Crippen molar-refractivity contribution in [1.29, 1.82) is 0 Å². The number of hydrogen-bond donors (Lipinski definition) is 1. The van der Waals surface area contributed by atoms with E-state index in [1.165, 1.54) is 23.1 Å². The second-order valence-electron chi connectivity index (χ2n) is 5.96. The summed E-state index contributed by atoms with van der Waals surface area (Å²) in [5, 5.41) is 0. The molecule has 0 radical (unpaired) electrons. The SMILES string of the molecule is CN(Cc1cccc(F)c1)C(=O)CCN=C1NS(=O)(=O)c2ccccc21. The van der Waals surface area contributed by atoms with E-state index < -0.39 is 10.0 Å². The molecule has 2 aromatic rings. The van der Waals surface area contributed by atoms with Crippen molar-refractivity contribution in [3.8, 4) is 0 Å². The number of halogens is 1. The Morgan fingerprint density at radius 2 is 1.96 bits per heavy atom. The molecule has 1 heterocycles. The van der Waals surface area contributed by atoms with Crippen molar-refractivity contribution in [2.75, 3.05) is 13.6 Å². The second kappa shape index (κ2) is 7.25. The number of rotatable bonds is 5. The van der Waals surface area contributed by atoms with Crippen molar-refractivity contribution in [2.45, 2.75) is 17.9 Å². The zero-order valence-corrected chi connectivity index (χ0v) is 15.0. The van der Waals surface area contributed by atoms with Gasteiger partial charge in [0.2, 0.25) is 5.91 Å². The summed E-state index contributed by atoms with van der Waals surface area (Å²) in [5.74, 6) is -0.254. The Bertz CT molecular complexity index is 973. The summed E-state index contributed by atoms with van der Waals surface area (Å²) in [5.41, 5.74) is 1.21. The average Bonchev–Trinajstić information content (AvgIpc) is 2.86. The molecule has 8 heteroatoms. The molecule has 1 amide bonds. The van der Waals surface area contributed by atoms with Crippen LogP contribution < -0.4 is 4.72 Å². The first-order valence-electron chi connectivity index (χ1n) is 8.02. The number of sulfonamides is 1. The number of nitrogens with one attached hydrogen (secondary N) is 1. The van der Waals surface area contributed by atoms with E-state index in [1.54, 1.807) is 37.4 Å². The van der Waals surface area contributed by atoms with Gasteiger partial charge in [-0.3, -0.25) is 14.5 Å². The topological polar surface area (TPSA) is 78.8 Å². The fourth-order valence-electron chi connectivity index (χ4n) is 2.70. The number of carbonyl (C=O) groups excluding carboxylic acids is 1. The van der Waals surface area contributed by atoms with Crippen LogP contribution in [-0.4, -0.2) is 38.7 Å². The molecular weight excluding hydrogens is 357 g/mol. The molecule has 0 aliphatic carbocycles. The lowest BCUT2D eigenvalue weighted by Crippen LogP contribution is -2.27. The van der Waals surface area contributed by atoms with Crippen molar-refractivity contribution < 1.29 is 17.6 Å². The van der Waals surface area contributed by atoms with Gasteiger partial charge in [0, 0.05) is 25.6 Å². The maximum atomic E-state index is 13.2. The molecule has 136 valence electrons. The molecule has 0 saturated carbocycles. The standard InChI is InChI=1S/C18H18FN3O3S/c1-22(12-13-5-4-6-14(19)11-13)17(23)9-10-20-18-15-7-2-3-8-16(15)26(24,25)21-18/h2-8,11H,9-10,12H2,1H3,(H,20,21). The lowest BCUT2D eigenvalue weighted by atomic mass is 10.2. The van der Waals surface area contributed by atoms with E-state index in [4.69, 9.17) is 0 Å². The van der Waals surface area contributed by atoms with E-state index in [0.29, 0.717) is 17.7 Å². The minimum absolute atomic E-state index is 0.124. The zero-order valence-electron chi connectivity index (χ0n) is 14.1. The number of nitrogens with zero attached hydrogens (tertiary/aromatic N) is 2. The third-order valence-corrected chi connectivity index (χ3v) is 5.39. The molecule has 0 fully saturated rings. The van der Waals surface area contributed by atoms with Crippen LogP contribution >= 0.6 is 0 Å². The monoisotopic (exact) mass is 375 g/mol. The van der Waals surface area contributed by atoms with Gasteiger partial charge < -0.3 is 4.90 Å². The molecule has 0 aromatic heterocycles. The molecule has 0 bridgehead atoms. The van der Waals surface area contributed by atoms with E-state index in [-0.39, 0.29) is 35.4 Å². The van der Waals surface area contributed by atoms with Crippen LogP contribution in [0.3, 0.4) is 0 Å². The molecule has 0 unspecified atom stereocenters. The summed E-state index contributed by atoms with van der Waals surface area (Å²) in [6, 6.07) is 12.6. The van der Waals surface area contributed by atoms with Gasteiger partial charge in [-0.2, -0.15) is 0 Å². The van der Waals surface area contributed by atoms with E-state index in [0.717, 1.165) is 0 Å². The number of amides is 1. The molecule has 1 N–H and O–H groups in total.